The Labute approximate surface area is 112 Å². The standard InChI is InChI=1S/C11H17N3O4S/c1-13-11(15)5-6-14-19(16,17)10-4-3-8(12)7-9(10)18-2/h3-4,7,14H,5-6,12H2,1-2H3,(H,13,15). The number of carbonyl (C=O) groups is 1. The summed E-state index contributed by atoms with van der Waals surface area (Å²) < 4.78 is 31.4. The molecule has 0 aromatic heterocycles. The van der Waals surface area contributed by atoms with Gasteiger partial charge in [-0.25, -0.2) is 13.1 Å². The molecule has 1 rings (SSSR count). The number of hydrogen-bond acceptors (Lipinski definition) is 5. The molecule has 0 bridgehead atoms. The molecule has 19 heavy (non-hydrogen) atoms. The number of sulfonamides is 1. The Morgan fingerprint density at radius 1 is 1.42 bits per heavy atom. The zero-order chi connectivity index (χ0) is 14.5. The first-order valence-electron chi connectivity index (χ1n) is 5.54. The highest BCUT2D eigenvalue weighted by atomic mass is 32.2. The molecule has 0 heterocycles. The largest absolute Gasteiger partial charge is 0.495 e. The maximum atomic E-state index is 12.0. The lowest BCUT2D eigenvalue weighted by Crippen LogP contribution is -2.29. The van der Waals surface area contributed by atoms with E-state index in [0.717, 1.165) is 0 Å². The van der Waals surface area contributed by atoms with E-state index in [-0.39, 0.29) is 29.5 Å². The van der Waals surface area contributed by atoms with Crippen molar-refractivity contribution in [3.05, 3.63) is 18.2 Å². The highest BCUT2D eigenvalue weighted by Gasteiger charge is 2.19. The van der Waals surface area contributed by atoms with Crippen LogP contribution in [0.5, 0.6) is 5.75 Å². The Kier molecular flexibility index (Phi) is 5.13. The van der Waals surface area contributed by atoms with Crippen molar-refractivity contribution in [1.82, 2.24) is 10.0 Å². The van der Waals surface area contributed by atoms with Crippen molar-refractivity contribution >= 4 is 21.6 Å². The predicted octanol–water partition coefficient (Wildman–Crippen LogP) is -0.308. The molecule has 1 aromatic carbocycles. The zero-order valence-corrected chi connectivity index (χ0v) is 11.6. The minimum atomic E-state index is -3.73. The molecule has 0 unspecified atom stereocenters. The van der Waals surface area contributed by atoms with Crippen molar-refractivity contribution in [3.8, 4) is 5.75 Å². The third-order valence-corrected chi connectivity index (χ3v) is 3.90. The van der Waals surface area contributed by atoms with Gasteiger partial charge >= 0.3 is 0 Å². The SMILES string of the molecule is CNC(=O)CCNS(=O)(=O)c1ccc(N)cc1OC. The molecule has 0 radical (unpaired) electrons. The average Bonchev–Trinajstić information content (AvgIpc) is 2.37. The molecule has 4 N–H and O–H groups in total. The van der Waals surface area contributed by atoms with Crippen LogP contribution in [-0.4, -0.2) is 35.0 Å². The quantitative estimate of drug-likeness (QED) is 0.622. The van der Waals surface area contributed by atoms with Crippen molar-refractivity contribution in [3.63, 3.8) is 0 Å². The predicted molar refractivity (Wildman–Crippen MR) is 71.3 cm³/mol. The molecule has 0 aliphatic rings. The Balaban J connectivity index is 2.85. The van der Waals surface area contributed by atoms with E-state index < -0.39 is 10.0 Å². The monoisotopic (exact) mass is 287 g/mol. The van der Waals surface area contributed by atoms with Crippen molar-refractivity contribution in [2.45, 2.75) is 11.3 Å². The van der Waals surface area contributed by atoms with Crippen LogP contribution < -0.4 is 20.5 Å². The van der Waals surface area contributed by atoms with Gasteiger partial charge in [0.2, 0.25) is 15.9 Å². The molecule has 106 valence electrons. The number of nitrogen functional groups attached to an aromatic ring is 1. The van der Waals surface area contributed by atoms with Crippen LogP contribution in [0.4, 0.5) is 5.69 Å². The molecule has 7 nitrogen and oxygen atoms in total. The maximum absolute atomic E-state index is 12.0. The lowest BCUT2D eigenvalue weighted by atomic mass is 10.3. The number of carbonyl (C=O) groups excluding carboxylic acids is 1. The van der Waals surface area contributed by atoms with Crippen LogP contribution in [0.25, 0.3) is 0 Å². The molecule has 0 aliphatic heterocycles. The molecule has 0 saturated heterocycles. The van der Waals surface area contributed by atoms with Crippen molar-refractivity contribution in [2.75, 3.05) is 26.4 Å². The first kappa shape index (κ1) is 15.3. The fraction of sp³-hybridized carbons (Fsp3) is 0.364. The molecular weight excluding hydrogens is 270 g/mol. The molecule has 1 amide bonds. The second-order valence-corrected chi connectivity index (χ2v) is 5.47. The minimum Gasteiger partial charge on any atom is -0.495 e. The number of nitrogens with one attached hydrogen (secondary N) is 2. The summed E-state index contributed by atoms with van der Waals surface area (Å²) in [6.45, 7) is 0.00946. The van der Waals surface area contributed by atoms with Gasteiger partial charge in [-0.3, -0.25) is 4.79 Å². The van der Waals surface area contributed by atoms with Gasteiger partial charge in [-0.1, -0.05) is 0 Å². The number of hydrogen-bond donors (Lipinski definition) is 3. The molecule has 0 aliphatic carbocycles. The van der Waals surface area contributed by atoms with Crippen LogP contribution in [0, 0.1) is 0 Å². The maximum Gasteiger partial charge on any atom is 0.244 e. The summed E-state index contributed by atoms with van der Waals surface area (Å²) in [5.74, 6) is -0.0839. The number of ether oxygens (including phenoxy) is 1. The van der Waals surface area contributed by atoms with Crippen LogP contribution in [0.15, 0.2) is 23.1 Å². The van der Waals surface area contributed by atoms with E-state index in [4.69, 9.17) is 10.5 Å². The molecular formula is C11H17N3O4S. The van der Waals surface area contributed by atoms with E-state index in [1.54, 1.807) is 0 Å². The van der Waals surface area contributed by atoms with Crippen LogP contribution in [-0.2, 0) is 14.8 Å². The summed E-state index contributed by atoms with van der Waals surface area (Å²) in [6, 6.07) is 4.25. The first-order chi connectivity index (χ1) is 8.90. The summed E-state index contributed by atoms with van der Waals surface area (Å²) in [5.41, 5.74) is 5.96. The van der Waals surface area contributed by atoms with E-state index in [2.05, 4.69) is 10.0 Å². The summed E-state index contributed by atoms with van der Waals surface area (Å²) in [4.78, 5) is 11.0. The van der Waals surface area contributed by atoms with E-state index in [9.17, 15) is 13.2 Å². The van der Waals surface area contributed by atoms with Gasteiger partial charge in [0.1, 0.15) is 10.6 Å². The summed E-state index contributed by atoms with van der Waals surface area (Å²) in [6.07, 6.45) is 0.0625. The Hall–Kier alpha value is -1.80. The van der Waals surface area contributed by atoms with E-state index >= 15 is 0 Å². The fourth-order valence-corrected chi connectivity index (χ4v) is 2.59. The van der Waals surface area contributed by atoms with Crippen molar-refractivity contribution < 1.29 is 17.9 Å². The Morgan fingerprint density at radius 3 is 2.68 bits per heavy atom. The Morgan fingerprint density at radius 2 is 2.11 bits per heavy atom. The second-order valence-electron chi connectivity index (χ2n) is 3.73. The third-order valence-electron chi connectivity index (χ3n) is 2.40. The summed E-state index contributed by atoms with van der Waals surface area (Å²) in [7, 11) is -0.889. The highest BCUT2D eigenvalue weighted by molar-refractivity contribution is 7.89. The van der Waals surface area contributed by atoms with E-state index in [1.165, 1.54) is 32.4 Å². The number of nitrogens with two attached hydrogens (primary N) is 1. The molecule has 8 heteroatoms. The van der Waals surface area contributed by atoms with Gasteiger partial charge in [-0.05, 0) is 12.1 Å². The van der Waals surface area contributed by atoms with Crippen LogP contribution in [0.3, 0.4) is 0 Å². The lowest BCUT2D eigenvalue weighted by molar-refractivity contribution is -0.120. The van der Waals surface area contributed by atoms with E-state index in [1.807, 2.05) is 0 Å². The Bertz CT molecular complexity index is 557. The third kappa shape index (κ3) is 4.11. The highest BCUT2D eigenvalue weighted by Crippen LogP contribution is 2.25. The number of methoxy groups -OCH3 is 1. The topological polar surface area (TPSA) is 111 Å². The molecule has 0 saturated carbocycles. The van der Waals surface area contributed by atoms with Gasteiger partial charge in [0.25, 0.3) is 0 Å². The van der Waals surface area contributed by atoms with Gasteiger partial charge in [-0.2, -0.15) is 0 Å². The first-order valence-corrected chi connectivity index (χ1v) is 7.03. The van der Waals surface area contributed by atoms with Gasteiger partial charge < -0.3 is 15.8 Å². The van der Waals surface area contributed by atoms with Gasteiger partial charge in [0.15, 0.2) is 0 Å². The van der Waals surface area contributed by atoms with Crippen molar-refractivity contribution in [2.24, 2.45) is 0 Å². The summed E-state index contributed by atoms with van der Waals surface area (Å²) >= 11 is 0. The number of anilines is 1. The smallest absolute Gasteiger partial charge is 0.244 e. The summed E-state index contributed by atoms with van der Waals surface area (Å²) in [5, 5.41) is 2.41. The zero-order valence-electron chi connectivity index (χ0n) is 10.8. The number of amides is 1. The normalized spacial score (nSPS) is 11.1. The molecule has 0 spiro atoms. The molecule has 1 aromatic rings. The van der Waals surface area contributed by atoms with Crippen LogP contribution in [0.2, 0.25) is 0 Å². The van der Waals surface area contributed by atoms with Gasteiger partial charge in [0.05, 0.1) is 7.11 Å². The number of rotatable bonds is 6. The lowest BCUT2D eigenvalue weighted by Gasteiger charge is -2.11. The van der Waals surface area contributed by atoms with Crippen molar-refractivity contribution in [1.29, 1.82) is 0 Å². The van der Waals surface area contributed by atoms with Crippen LogP contribution >= 0.6 is 0 Å². The van der Waals surface area contributed by atoms with E-state index in [0.29, 0.717) is 5.69 Å². The van der Waals surface area contributed by atoms with Gasteiger partial charge in [0, 0.05) is 31.8 Å². The molecule has 0 atom stereocenters. The fourth-order valence-electron chi connectivity index (χ4n) is 1.41. The number of benzene rings is 1. The second kappa shape index (κ2) is 6.39. The molecule has 0 fully saturated rings. The van der Waals surface area contributed by atoms with Crippen LogP contribution in [0.1, 0.15) is 6.42 Å². The van der Waals surface area contributed by atoms with Gasteiger partial charge in [-0.15, -0.1) is 0 Å². The minimum absolute atomic E-state index is 0.00946. The average molecular weight is 287 g/mol.